The molecule has 0 aliphatic rings. The van der Waals surface area contributed by atoms with E-state index in [2.05, 4.69) is 11.1 Å². The summed E-state index contributed by atoms with van der Waals surface area (Å²) in [5, 5.41) is 19.0. The van der Waals surface area contributed by atoms with Crippen molar-refractivity contribution >= 4 is 16.7 Å². The highest BCUT2D eigenvalue weighted by atomic mass is 16.3. The zero-order chi connectivity index (χ0) is 13.0. The van der Waals surface area contributed by atoms with E-state index in [1.165, 1.54) is 0 Å². The van der Waals surface area contributed by atoms with E-state index in [-0.39, 0.29) is 6.61 Å². The normalized spacial score (nSPS) is 10.3. The summed E-state index contributed by atoms with van der Waals surface area (Å²) in [5.41, 5.74) is 1.68. The van der Waals surface area contributed by atoms with Crippen LogP contribution in [0.25, 0.3) is 10.9 Å². The van der Waals surface area contributed by atoms with E-state index in [1.54, 1.807) is 0 Å². The average Bonchev–Trinajstić information content (AvgIpc) is 2.43. The quantitative estimate of drug-likeness (QED) is 0.890. The van der Waals surface area contributed by atoms with Crippen LogP contribution in [0.1, 0.15) is 12.0 Å². The van der Waals surface area contributed by atoms with E-state index in [9.17, 15) is 5.11 Å². The Morgan fingerprint density at radius 1 is 1.39 bits per heavy atom. The molecule has 0 atom stereocenters. The molecule has 0 radical (unpaired) electrons. The van der Waals surface area contributed by atoms with E-state index in [0.29, 0.717) is 13.0 Å². The molecular formula is C14H15N3O. The maximum atomic E-state index is 9.42. The standard InChI is InChI=1S/C14H15N3O/c1-17(8-4-7-15)14-12(10-18)9-11-5-2-3-6-13(11)16-14/h2-3,5-6,9,18H,4,8,10H2,1H3. The first-order valence-electron chi connectivity index (χ1n) is 5.84. The third-order valence-electron chi connectivity index (χ3n) is 2.87. The lowest BCUT2D eigenvalue weighted by atomic mass is 10.1. The molecular weight excluding hydrogens is 226 g/mol. The molecule has 0 aliphatic heterocycles. The van der Waals surface area contributed by atoms with Gasteiger partial charge >= 0.3 is 0 Å². The summed E-state index contributed by atoms with van der Waals surface area (Å²) >= 11 is 0. The molecule has 2 aromatic rings. The number of benzene rings is 1. The van der Waals surface area contributed by atoms with Gasteiger partial charge in [-0.1, -0.05) is 18.2 Å². The fourth-order valence-electron chi connectivity index (χ4n) is 1.92. The maximum Gasteiger partial charge on any atom is 0.134 e. The SMILES string of the molecule is CN(CCC#N)c1nc2ccccc2cc1CO. The Kier molecular flexibility index (Phi) is 3.75. The Bertz CT molecular complexity index is 589. The lowest BCUT2D eigenvalue weighted by molar-refractivity contribution is 0.282. The molecule has 1 aromatic carbocycles. The van der Waals surface area contributed by atoms with Gasteiger partial charge in [0.05, 0.1) is 24.6 Å². The molecule has 18 heavy (non-hydrogen) atoms. The number of rotatable bonds is 4. The number of hydrogen-bond donors (Lipinski definition) is 1. The molecule has 0 fully saturated rings. The molecule has 1 heterocycles. The highest BCUT2D eigenvalue weighted by Gasteiger charge is 2.10. The summed E-state index contributed by atoms with van der Waals surface area (Å²) in [7, 11) is 1.88. The molecule has 0 saturated carbocycles. The number of anilines is 1. The summed E-state index contributed by atoms with van der Waals surface area (Å²) in [6.45, 7) is 0.554. The van der Waals surface area contributed by atoms with Crippen molar-refractivity contribution in [1.29, 1.82) is 5.26 Å². The van der Waals surface area contributed by atoms with E-state index < -0.39 is 0 Å². The number of pyridine rings is 1. The van der Waals surface area contributed by atoms with Crippen LogP contribution < -0.4 is 4.90 Å². The first kappa shape index (κ1) is 12.3. The van der Waals surface area contributed by atoms with Gasteiger partial charge in [0.1, 0.15) is 5.82 Å². The van der Waals surface area contributed by atoms with Gasteiger partial charge in [0.25, 0.3) is 0 Å². The number of nitriles is 1. The van der Waals surface area contributed by atoms with Crippen LogP contribution in [-0.2, 0) is 6.61 Å². The number of para-hydroxylation sites is 1. The predicted octanol–water partition coefficient (Wildman–Crippen LogP) is 2.08. The van der Waals surface area contributed by atoms with Crippen molar-refractivity contribution < 1.29 is 5.11 Å². The molecule has 0 saturated heterocycles. The van der Waals surface area contributed by atoms with Crippen molar-refractivity contribution in [3.63, 3.8) is 0 Å². The highest BCUT2D eigenvalue weighted by Crippen LogP contribution is 2.23. The number of hydrogen-bond acceptors (Lipinski definition) is 4. The Hall–Kier alpha value is -2.12. The third kappa shape index (κ3) is 2.41. The molecule has 4 nitrogen and oxygen atoms in total. The monoisotopic (exact) mass is 241 g/mol. The molecule has 0 spiro atoms. The summed E-state index contributed by atoms with van der Waals surface area (Å²) in [6, 6.07) is 11.9. The Balaban J connectivity index is 2.45. The van der Waals surface area contributed by atoms with Gasteiger partial charge < -0.3 is 10.0 Å². The summed E-state index contributed by atoms with van der Waals surface area (Å²) in [5.74, 6) is 0.742. The molecule has 0 amide bonds. The average molecular weight is 241 g/mol. The smallest absolute Gasteiger partial charge is 0.134 e. The van der Waals surface area contributed by atoms with Crippen LogP contribution in [0.5, 0.6) is 0 Å². The van der Waals surface area contributed by atoms with Crippen molar-refractivity contribution in [2.75, 3.05) is 18.5 Å². The first-order chi connectivity index (χ1) is 8.76. The van der Waals surface area contributed by atoms with Gasteiger partial charge in [-0.3, -0.25) is 0 Å². The molecule has 1 N–H and O–H groups in total. The van der Waals surface area contributed by atoms with Crippen LogP contribution in [0.15, 0.2) is 30.3 Å². The molecule has 0 aliphatic carbocycles. The van der Waals surface area contributed by atoms with Gasteiger partial charge in [0.2, 0.25) is 0 Å². The highest BCUT2D eigenvalue weighted by molar-refractivity contribution is 5.81. The van der Waals surface area contributed by atoms with E-state index >= 15 is 0 Å². The number of nitrogens with zero attached hydrogens (tertiary/aromatic N) is 3. The molecule has 92 valence electrons. The van der Waals surface area contributed by atoms with Crippen LogP contribution in [-0.4, -0.2) is 23.7 Å². The van der Waals surface area contributed by atoms with Crippen LogP contribution in [0.4, 0.5) is 5.82 Å². The van der Waals surface area contributed by atoms with E-state index in [1.807, 2.05) is 42.3 Å². The number of aliphatic hydroxyl groups excluding tert-OH is 1. The molecule has 1 aromatic heterocycles. The second kappa shape index (κ2) is 5.48. The summed E-state index contributed by atoms with van der Waals surface area (Å²) in [6.07, 6.45) is 0.440. The second-order valence-electron chi connectivity index (χ2n) is 4.15. The minimum atomic E-state index is -0.0515. The number of fused-ring (bicyclic) bond motifs is 1. The van der Waals surface area contributed by atoms with Crippen molar-refractivity contribution in [2.24, 2.45) is 0 Å². The number of aliphatic hydroxyl groups is 1. The zero-order valence-electron chi connectivity index (χ0n) is 10.3. The third-order valence-corrected chi connectivity index (χ3v) is 2.87. The predicted molar refractivity (Wildman–Crippen MR) is 71.2 cm³/mol. The number of aromatic nitrogens is 1. The fourth-order valence-corrected chi connectivity index (χ4v) is 1.92. The molecule has 0 bridgehead atoms. The maximum absolute atomic E-state index is 9.42. The van der Waals surface area contributed by atoms with Crippen LogP contribution in [0.2, 0.25) is 0 Å². The van der Waals surface area contributed by atoms with Gasteiger partial charge in [0, 0.05) is 24.5 Å². The van der Waals surface area contributed by atoms with E-state index in [0.717, 1.165) is 22.3 Å². The largest absolute Gasteiger partial charge is 0.392 e. The van der Waals surface area contributed by atoms with Gasteiger partial charge in [-0.15, -0.1) is 0 Å². The molecule has 0 unspecified atom stereocenters. The van der Waals surface area contributed by atoms with Gasteiger partial charge in [0.15, 0.2) is 0 Å². The summed E-state index contributed by atoms with van der Waals surface area (Å²) in [4.78, 5) is 6.46. The van der Waals surface area contributed by atoms with Crippen molar-refractivity contribution in [2.45, 2.75) is 13.0 Å². The molecule has 2 rings (SSSR count). The lowest BCUT2D eigenvalue weighted by Gasteiger charge is -2.20. The summed E-state index contributed by atoms with van der Waals surface area (Å²) < 4.78 is 0. The van der Waals surface area contributed by atoms with Crippen molar-refractivity contribution in [1.82, 2.24) is 4.98 Å². The minimum absolute atomic E-state index is 0.0515. The Labute approximate surface area is 106 Å². The molecule has 4 heteroatoms. The zero-order valence-corrected chi connectivity index (χ0v) is 10.3. The first-order valence-corrected chi connectivity index (χ1v) is 5.84. The van der Waals surface area contributed by atoms with Gasteiger partial charge in [-0.2, -0.15) is 5.26 Å². The fraction of sp³-hybridized carbons (Fsp3) is 0.286. The van der Waals surface area contributed by atoms with E-state index in [4.69, 9.17) is 5.26 Å². The second-order valence-corrected chi connectivity index (χ2v) is 4.15. The lowest BCUT2D eigenvalue weighted by Crippen LogP contribution is -2.21. The van der Waals surface area contributed by atoms with Crippen molar-refractivity contribution in [3.05, 3.63) is 35.9 Å². The van der Waals surface area contributed by atoms with Crippen LogP contribution in [0.3, 0.4) is 0 Å². The minimum Gasteiger partial charge on any atom is -0.392 e. The Morgan fingerprint density at radius 2 is 2.17 bits per heavy atom. The van der Waals surface area contributed by atoms with Crippen LogP contribution >= 0.6 is 0 Å². The van der Waals surface area contributed by atoms with Gasteiger partial charge in [-0.05, 0) is 12.1 Å². The van der Waals surface area contributed by atoms with Crippen LogP contribution in [0, 0.1) is 11.3 Å². The van der Waals surface area contributed by atoms with Gasteiger partial charge in [-0.25, -0.2) is 4.98 Å². The topological polar surface area (TPSA) is 60.2 Å². The Morgan fingerprint density at radius 3 is 2.89 bits per heavy atom. The van der Waals surface area contributed by atoms with Crippen molar-refractivity contribution in [3.8, 4) is 6.07 Å².